The van der Waals surface area contributed by atoms with Crippen LogP contribution in [0.15, 0.2) is 6.33 Å². The van der Waals surface area contributed by atoms with E-state index in [1.165, 1.54) is 19.2 Å². The Labute approximate surface area is 134 Å². The van der Waals surface area contributed by atoms with Crippen molar-refractivity contribution in [2.24, 2.45) is 0 Å². The van der Waals surface area contributed by atoms with Crippen LogP contribution >= 0.6 is 0 Å². The van der Waals surface area contributed by atoms with Gasteiger partial charge >= 0.3 is 0 Å². The quantitative estimate of drug-likeness (QED) is 0.834. The zero-order valence-electron chi connectivity index (χ0n) is 13.5. The van der Waals surface area contributed by atoms with E-state index in [0.717, 1.165) is 29.5 Å². The lowest BCUT2D eigenvalue weighted by atomic mass is 10.1. The maximum atomic E-state index is 12.8. The fourth-order valence-electron chi connectivity index (χ4n) is 3.10. The number of carbonyl (C=O) groups excluding carboxylic acids is 1. The molecule has 2 aromatic heterocycles. The van der Waals surface area contributed by atoms with Crippen molar-refractivity contribution in [2.45, 2.75) is 45.6 Å². The van der Waals surface area contributed by atoms with Gasteiger partial charge in [0.2, 0.25) is 0 Å². The molecule has 3 heterocycles. The second-order valence-electron chi connectivity index (χ2n) is 6.35. The normalized spacial score (nSPS) is 17.7. The molecule has 1 amide bonds. The van der Waals surface area contributed by atoms with Crippen molar-refractivity contribution in [3.05, 3.63) is 34.9 Å². The van der Waals surface area contributed by atoms with Gasteiger partial charge in [0.05, 0.1) is 23.5 Å². The van der Waals surface area contributed by atoms with Gasteiger partial charge in [-0.25, -0.2) is 19.6 Å². The number of carbonyl (C=O) groups is 1. The first-order valence-corrected chi connectivity index (χ1v) is 8.14. The molecular weight excluding hydrogens is 292 g/mol. The molecule has 0 N–H and O–H groups in total. The third-order valence-electron chi connectivity index (χ3n) is 4.62. The Balaban J connectivity index is 1.53. The smallest absolute Gasteiger partial charge is 0.257 e. The second-order valence-corrected chi connectivity index (χ2v) is 6.35. The van der Waals surface area contributed by atoms with E-state index in [0.29, 0.717) is 31.1 Å². The van der Waals surface area contributed by atoms with Crippen molar-refractivity contribution in [2.75, 3.05) is 13.1 Å². The standard InChI is InChI=1S/C16H20N6O/c1-10-14(11(2)18-9-17-10)16(23)21-6-5-13-19-15(12-3-4-12)20-22(13)8-7-21/h9,12H,3-8H2,1-2H3. The van der Waals surface area contributed by atoms with Gasteiger partial charge in [0.1, 0.15) is 12.2 Å². The van der Waals surface area contributed by atoms with E-state index in [2.05, 4.69) is 20.1 Å². The average molecular weight is 312 g/mol. The Bertz CT molecular complexity index is 718. The minimum absolute atomic E-state index is 0.00812. The fraction of sp³-hybridized carbons (Fsp3) is 0.562. The number of aromatic nitrogens is 5. The third kappa shape index (κ3) is 2.60. The minimum Gasteiger partial charge on any atom is -0.336 e. The SMILES string of the molecule is Cc1ncnc(C)c1C(=O)N1CCc2nc(C3CC3)nn2CC1. The van der Waals surface area contributed by atoms with Crippen LogP contribution in [0.1, 0.15) is 52.2 Å². The molecule has 7 nitrogen and oxygen atoms in total. The summed E-state index contributed by atoms with van der Waals surface area (Å²) in [6.45, 7) is 5.72. The van der Waals surface area contributed by atoms with Gasteiger partial charge in [-0.15, -0.1) is 0 Å². The van der Waals surface area contributed by atoms with Gasteiger partial charge in [0, 0.05) is 25.4 Å². The molecule has 4 rings (SSSR count). The maximum Gasteiger partial charge on any atom is 0.257 e. The number of hydrogen-bond acceptors (Lipinski definition) is 5. The van der Waals surface area contributed by atoms with Crippen molar-refractivity contribution in [1.29, 1.82) is 0 Å². The Morgan fingerprint density at radius 1 is 1.13 bits per heavy atom. The molecule has 0 aromatic carbocycles. The highest BCUT2D eigenvalue weighted by Crippen LogP contribution is 2.38. The number of fused-ring (bicyclic) bond motifs is 1. The number of hydrogen-bond donors (Lipinski definition) is 0. The van der Waals surface area contributed by atoms with Crippen LogP contribution in [0.4, 0.5) is 0 Å². The first-order valence-electron chi connectivity index (χ1n) is 8.14. The summed E-state index contributed by atoms with van der Waals surface area (Å²) in [6.07, 6.45) is 4.67. The van der Waals surface area contributed by atoms with Gasteiger partial charge in [-0.2, -0.15) is 5.10 Å². The number of nitrogens with zero attached hydrogens (tertiary/aromatic N) is 6. The summed E-state index contributed by atoms with van der Waals surface area (Å²) in [5, 5.41) is 4.62. The predicted molar refractivity (Wildman–Crippen MR) is 83.1 cm³/mol. The molecule has 1 aliphatic carbocycles. The topological polar surface area (TPSA) is 76.8 Å². The summed E-state index contributed by atoms with van der Waals surface area (Å²) in [4.78, 5) is 27.7. The Morgan fingerprint density at radius 2 is 1.87 bits per heavy atom. The molecule has 2 aliphatic rings. The van der Waals surface area contributed by atoms with Crippen LogP contribution in [0.25, 0.3) is 0 Å². The van der Waals surface area contributed by atoms with Gasteiger partial charge < -0.3 is 4.90 Å². The molecule has 0 unspecified atom stereocenters. The van der Waals surface area contributed by atoms with Gasteiger partial charge in [0.15, 0.2) is 5.82 Å². The van der Waals surface area contributed by atoms with Crippen molar-refractivity contribution in [1.82, 2.24) is 29.6 Å². The minimum atomic E-state index is 0.00812. The highest BCUT2D eigenvalue weighted by Gasteiger charge is 2.30. The summed E-state index contributed by atoms with van der Waals surface area (Å²) in [5.41, 5.74) is 2.09. The largest absolute Gasteiger partial charge is 0.336 e. The number of amides is 1. The lowest BCUT2D eigenvalue weighted by molar-refractivity contribution is 0.0755. The lowest BCUT2D eigenvalue weighted by Gasteiger charge is -2.21. The van der Waals surface area contributed by atoms with E-state index in [4.69, 9.17) is 0 Å². The van der Waals surface area contributed by atoms with Crippen LogP contribution in [0.3, 0.4) is 0 Å². The first kappa shape index (κ1) is 14.3. The molecule has 1 fully saturated rings. The van der Waals surface area contributed by atoms with Crippen molar-refractivity contribution in [3.63, 3.8) is 0 Å². The summed E-state index contributed by atoms with van der Waals surface area (Å²) >= 11 is 0. The number of aryl methyl sites for hydroxylation is 2. The monoisotopic (exact) mass is 312 g/mol. The molecule has 7 heteroatoms. The molecule has 1 saturated carbocycles. The molecule has 120 valence electrons. The molecule has 2 aromatic rings. The zero-order valence-corrected chi connectivity index (χ0v) is 13.5. The predicted octanol–water partition coefficient (Wildman–Crippen LogP) is 1.26. The molecule has 0 spiro atoms. The maximum absolute atomic E-state index is 12.8. The molecule has 0 atom stereocenters. The summed E-state index contributed by atoms with van der Waals surface area (Å²) in [5.74, 6) is 2.57. The van der Waals surface area contributed by atoms with Crippen LogP contribution in [-0.2, 0) is 13.0 Å². The first-order chi connectivity index (χ1) is 11.1. The summed E-state index contributed by atoms with van der Waals surface area (Å²) in [7, 11) is 0. The molecule has 0 saturated heterocycles. The van der Waals surface area contributed by atoms with Crippen LogP contribution in [0.5, 0.6) is 0 Å². The van der Waals surface area contributed by atoms with Crippen molar-refractivity contribution in [3.8, 4) is 0 Å². The van der Waals surface area contributed by atoms with Gasteiger partial charge in [0.25, 0.3) is 5.91 Å². The molecule has 0 bridgehead atoms. The van der Waals surface area contributed by atoms with Crippen LogP contribution in [0, 0.1) is 13.8 Å². The highest BCUT2D eigenvalue weighted by atomic mass is 16.2. The molecule has 1 aliphatic heterocycles. The van der Waals surface area contributed by atoms with Crippen LogP contribution in [0.2, 0.25) is 0 Å². The molecular formula is C16H20N6O. The van der Waals surface area contributed by atoms with E-state index >= 15 is 0 Å². The van der Waals surface area contributed by atoms with Gasteiger partial charge in [-0.05, 0) is 26.7 Å². The van der Waals surface area contributed by atoms with Crippen LogP contribution in [-0.4, -0.2) is 48.6 Å². The number of rotatable bonds is 2. The van der Waals surface area contributed by atoms with E-state index in [-0.39, 0.29) is 5.91 Å². The van der Waals surface area contributed by atoms with Crippen molar-refractivity contribution < 1.29 is 4.79 Å². The molecule has 23 heavy (non-hydrogen) atoms. The van der Waals surface area contributed by atoms with Gasteiger partial charge in [-0.3, -0.25) is 4.79 Å². The Hall–Kier alpha value is -2.31. The Kier molecular flexibility index (Phi) is 3.36. The zero-order chi connectivity index (χ0) is 16.0. The molecule has 0 radical (unpaired) electrons. The van der Waals surface area contributed by atoms with Crippen LogP contribution < -0.4 is 0 Å². The van der Waals surface area contributed by atoms with E-state index < -0.39 is 0 Å². The van der Waals surface area contributed by atoms with E-state index in [1.807, 2.05) is 23.4 Å². The summed E-state index contributed by atoms with van der Waals surface area (Å²) < 4.78 is 1.97. The Morgan fingerprint density at radius 3 is 2.57 bits per heavy atom. The lowest BCUT2D eigenvalue weighted by Crippen LogP contribution is -2.35. The third-order valence-corrected chi connectivity index (χ3v) is 4.62. The average Bonchev–Trinajstić information content (AvgIpc) is 3.32. The van der Waals surface area contributed by atoms with Crippen molar-refractivity contribution >= 4 is 5.91 Å². The van der Waals surface area contributed by atoms with E-state index in [9.17, 15) is 4.79 Å². The van der Waals surface area contributed by atoms with Gasteiger partial charge in [-0.1, -0.05) is 0 Å². The fourth-order valence-corrected chi connectivity index (χ4v) is 3.10. The second kappa shape index (κ2) is 5.40. The summed E-state index contributed by atoms with van der Waals surface area (Å²) in [6, 6.07) is 0. The highest BCUT2D eigenvalue weighted by molar-refractivity contribution is 5.96. The van der Waals surface area contributed by atoms with E-state index in [1.54, 1.807) is 0 Å².